The Morgan fingerprint density at radius 3 is 1.31 bits per heavy atom. The van der Waals surface area contributed by atoms with Crippen LogP contribution in [0.5, 0.6) is 0 Å². The minimum Gasteiger partial charge on any atom is -0.309 e. The first kappa shape index (κ1) is 28.1. The van der Waals surface area contributed by atoms with Crippen molar-refractivity contribution in [2.24, 2.45) is 0 Å². The van der Waals surface area contributed by atoms with E-state index in [1.165, 1.54) is 103 Å². The average Bonchev–Trinajstić information content (AvgIpc) is 3.94. The van der Waals surface area contributed by atoms with E-state index >= 15 is 0 Å². The van der Waals surface area contributed by atoms with Crippen LogP contribution < -0.4 is 0 Å². The van der Waals surface area contributed by atoms with E-state index in [0.29, 0.717) is 0 Å². The molecule has 0 aliphatic carbocycles. The largest absolute Gasteiger partial charge is 0.309 e. The molecule has 0 radical (unpaired) electrons. The van der Waals surface area contributed by atoms with Crippen LogP contribution in [0.25, 0.3) is 103 Å². The fraction of sp³-hybridized carbons (Fsp3) is 0. The molecule has 8 aromatic carbocycles. The molecule has 4 heteroatoms. The molecule has 242 valence electrons. The first-order chi connectivity index (χ1) is 25.8. The van der Waals surface area contributed by atoms with Gasteiger partial charge in [-0.15, -0.1) is 11.3 Å². The molecule has 3 nitrogen and oxygen atoms in total. The molecule has 0 bridgehead atoms. The van der Waals surface area contributed by atoms with Gasteiger partial charge in [0.1, 0.15) is 0 Å². The zero-order valence-corrected chi connectivity index (χ0v) is 28.8. The molecule has 0 fully saturated rings. The molecule has 0 saturated carbocycles. The average molecular weight is 680 g/mol. The van der Waals surface area contributed by atoms with Crippen molar-refractivity contribution in [3.8, 4) is 17.1 Å². The molecule has 0 N–H and O–H groups in total. The second kappa shape index (κ2) is 10.5. The summed E-state index contributed by atoms with van der Waals surface area (Å²) in [5.41, 5.74) is 10.9. The van der Waals surface area contributed by atoms with Crippen LogP contribution in [-0.4, -0.2) is 13.7 Å². The molecule has 0 aliphatic rings. The lowest BCUT2D eigenvalue weighted by atomic mass is 10.1. The Balaban J connectivity index is 1.13. The van der Waals surface area contributed by atoms with E-state index in [0.717, 1.165) is 0 Å². The Morgan fingerprint density at radius 1 is 0.308 bits per heavy atom. The summed E-state index contributed by atoms with van der Waals surface area (Å²) in [5, 5.41) is 10.2. The lowest BCUT2D eigenvalue weighted by Gasteiger charge is -2.12. The van der Waals surface area contributed by atoms with Crippen LogP contribution in [0.4, 0.5) is 0 Å². The van der Waals surface area contributed by atoms with Crippen LogP contribution in [0.3, 0.4) is 0 Å². The summed E-state index contributed by atoms with van der Waals surface area (Å²) in [4.78, 5) is 0. The predicted molar refractivity (Wildman–Crippen MR) is 222 cm³/mol. The molecule has 0 amide bonds. The van der Waals surface area contributed by atoms with Gasteiger partial charge in [-0.25, -0.2) is 0 Å². The highest BCUT2D eigenvalue weighted by atomic mass is 32.1. The first-order valence-corrected chi connectivity index (χ1v) is 18.6. The molecule has 0 atom stereocenters. The molecule has 12 aromatic rings. The van der Waals surface area contributed by atoms with Gasteiger partial charge in [0.2, 0.25) is 0 Å². The standard InChI is InChI=1S/C48H29N3S/c1-6-19-38-31(13-1)32-14-2-7-20-39(32)49(38)30-27-28-43-37(29-30)35-17-5-10-23-42(35)51(43)45-25-11-18-36-47-44(24-12-26-46(47)52-48(36)45)50-40-21-8-3-15-33(40)34-16-4-9-22-41(34)50/h1-29H. The van der Waals surface area contributed by atoms with Crippen LogP contribution in [-0.2, 0) is 0 Å². The van der Waals surface area contributed by atoms with Crippen molar-refractivity contribution in [3.05, 3.63) is 176 Å². The summed E-state index contributed by atoms with van der Waals surface area (Å²) in [7, 11) is 0. The van der Waals surface area contributed by atoms with Crippen molar-refractivity contribution in [1.29, 1.82) is 0 Å². The zero-order valence-electron chi connectivity index (χ0n) is 28.0. The Bertz CT molecular complexity index is 3320. The summed E-state index contributed by atoms with van der Waals surface area (Å²) < 4.78 is 9.94. The Morgan fingerprint density at radius 2 is 0.731 bits per heavy atom. The highest BCUT2D eigenvalue weighted by Gasteiger charge is 2.21. The number of thiophene rings is 1. The van der Waals surface area contributed by atoms with Gasteiger partial charge in [-0.2, -0.15) is 0 Å². The van der Waals surface area contributed by atoms with Gasteiger partial charge in [0.25, 0.3) is 0 Å². The molecule has 4 heterocycles. The molecule has 0 unspecified atom stereocenters. The van der Waals surface area contributed by atoms with Gasteiger partial charge < -0.3 is 13.7 Å². The van der Waals surface area contributed by atoms with Crippen LogP contribution in [0.2, 0.25) is 0 Å². The molecular weight excluding hydrogens is 651 g/mol. The van der Waals surface area contributed by atoms with Gasteiger partial charge in [0.05, 0.1) is 49.2 Å². The summed E-state index contributed by atoms with van der Waals surface area (Å²) in [6, 6.07) is 64.6. The summed E-state index contributed by atoms with van der Waals surface area (Å²) in [6.07, 6.45) is 0. The smallest absolute Gasteiger partial charge is 0.0640 e. The fourth-order valence-corrected chi connectivity index (χ4v) is 10.1. The van der Waals surface area contributed by atoms with Crippen molar-refractivity contribution >= 4 is 96.9 Å². The molecule has 0 aliphatic heterocycles. The number of aromatic nitrogens is 3. The molecule has 12 rings (SSSR count). The van der Waals surface area contributed by atoms with Crippen LogP contribution >= 0.6 is 11.3 Å². The van der Waals surface area contributed by atoms with Crippen LogP contribution in [0.1, 0.15) is 0 Å². The number of hydrogen-bond donors (Lipinski definition) is 0. The molecule has 52 heavy (non-hydrogen) atoms. The SMILES string of the molecule is c1cc(-n2c3ccccc3c3ccccc32)c2c(c1)sc1c(-n3c4ccccc4c4cc(-n5c6ccccc6c6ccccc65)ccc43)cccc12. The second-order valence-corrected chi connectivity index (χ2v) is 14.8. The van der Waals surface area contributed by atoms with Gasteiger partial charge >= 0.3 is 0 Å². The number of fused-ring (bicyclic) bond motifs is 12. The number of para-hydroxylation sites is 5. The van der Waals surface area contributed by atoms with Gasteiger partial charge in [-0.1, -0.05) is 109 Å². The van der Waals surface area contributed by atoms with Crippen molar-refractivity contribution in [1.82, 2.24) is 13.7 Å². The van der Waals surface area contributed by atoms with E-state index < -0.39 is 0 Å². The number of nitrogens with zero attached hydrogens (tertiary/aromatic N) is 3. The third-order valence-corrected chi connectivity index (χ3v) is 12.2. The predicted octanol–water partition coefficient (Wildman–Crippen LogP) is 13.3. The highest BCUT2D eigenvalue weighted by Crippen LogP contribution is 2.45. The Kier molecular flexibility index (Phi) is 5.65. The van der Waals surface area contributed by atoms with Crippen molar-refractivity contribution in [3.63, 3.8) is 0 Å². The normalized spacial score (nSPS) is 12.2. The minimum atomic E-state index is 1.17. The van der Waals surface area contributed by atoms with Gasteiger partial charge in [0, 0.05) is 53.5 Å². The fourth-order valence-electron chi connectivity index (χ4n) is 8.92. The van der Waals surface area contributed by atoms with Gasteiger partial charge in [0.15, 0.2) is 0 Å². The lowest BCUT2D eigenvalue weighted by Crippen LogP contribution is -1.96. The van der Waals surface area contributed by atoms with Crippen LogP contribution in [0, 0.1) is 0 Å². The molecule has 0 saturated heterocycles. The molecular formula is C48H29N3S. The maximum atomic E-state index is 2.48. The molecule has 4 aromatic heterocycles. The lowest BCUT2D eigenvalue weighted by molar-refractivity contribution is 1.17. The topological polar surface area (TPSA) is 14.8 Å². The van der Waals surface area contributed by atoms with Gasteiger partial charge in [-0.3, -0.25) is 0 Å². The summed E-state index contributed by atoms with van der Waals surface area (Å²) in [5.74, 6) is 0. The third-order valence-electron chi connectivity index (χ3n) is 11.0. The van der Waals surface area contributed by atoms with E-state index in [1.54, 1.807) is 0 Å². The summed E-state index contributed by atoms with van der Waals surface area (Å²) >= 11 is 1.89. The van der Waals surface area contributed by atoms with Crippen molar-refractivity contribution in [2.45, 2.75) is 0 Å². The van der Waals surface area contributed by atoms with Gasteiger partial charge in [-0.05, 0) is 66.7 Å². The van der Waals surface area contributed by atoms with E-state index in [9.17, 15) is 0 Å². The minimum absolute atomic E-state index is 1.17. The Labute approximate surface area is 302 Å². The zero-order chi connectivity index (χ0) is 33.9. The van der Waals surface area contributed by atoms with Crippen LogP contribution in [0.15, 0.2) is 176 Å². The van der Waals surface area contributed by atoms with Crippen molar-refractivity contribution < 1.29 is 0 Å². The maximum absolute atomic E-state index is 2.48. The van der Waals surface area contributed by atoms with E-state index in [2.05, 4.69) is 190 Å². The number of benzene rings is 8. The number of rotatable bonds is 3. The first-order valence-electron chi connectivity index (χ1n) is 17.8. The molecule has 0 spiro atoms. The second-order valence-electron chi connectivity index (χ2n) is 13.7. The Hall–Kier alpha value is -6.62. The number of hydrogen-bond acceptors (Lipinski definition) is 1. The van der Waals surface area contributed by atoms with E-state index in [-0.39, 0.29) is 0 Å². The summed E-state index contributed by atoms with van der Waals surface area (Å²) in [6.45, 7) is 0. The monoisotopic (exact) mass is 679 g/mol. The third kappa shape index (κ3) is 3.69. The highest BCUT2D eigenvalue weighted by molar-refractivity contribution is 7.26. The van der Waals surface area contributed by atoms with E-state index in [4.69, 9.17) is 0 Å². The van der Waals surface area contributed by atoms with Crippen molar-refractivity contribution in [2.75, 3.05) is 0 Å². The quantitative estimate of drug-likeness (QED) is 0.177. The maximum Gasteiger partial charge on any atom is 0.0640 e. The van der Waals surface area contributed by atoms with E-state index in [1.807, 2.05) is 11.3 Å².